The van der Waals surface area contributed by atoms with Crippen LogP contribution < -0.4 is 19.2 Å². The first-order valence-electron chi connectivity index (χ1n) is 9.98. The number of aromatic nitrogens is 1. The fourth-order valence-corrected chi connectivity index (χ4v) is 4.78. The van der Waals surface area contributed by atoms with Crippen LogP contribution in [0.3, 0.4) is 0 Å². The van der Waals surface area contributed by atoms with E-state index in [1.54, 1.807) is 33.1 Å². The number of benzene rings is 1. The molecule has 0 saturated carbocycles. The van der Waals surface area contributed by atoms with Gasteiger partial charge in [-0.25, -0.2) is 0 Å². The molecule has 3 rings (SSSR count). The highest BCUT2D eigenvalue weighted by Gasteiger charge is 2.29. The van der Waals surface area contributed by atoms with Gasteiger partial charge in [0, 0.05) is 11.3 Å². The number of hydrogen-bond donors (Lipinski definition) is 0. The Morgan fingerprint density at radius 2 is 1.66 bits per heavy atom. The summed E-state index contributed by atoms with van der Waals surface area (Å²) >= 11 is 1.72. The number of nitriles is 1. The maximum absolute atomic E-state index is 9.89. The number of pyridine rings is 1. The number of thioether (sulfide) groups is 1. The minimum absolute atomic E-state index is 0.542. The molecule has 0 bridgehead atoms. The fourth-order valence-electron chi connectivity index (χ4n) is 3.79. The Balaban J connectivity index is 2.23. The van der Waals surface area contributed by atoms with Crippen molar-refractivity contribution in [1.82, 2.24) is 0 Å². The van der Waals surface area contributed by atoms with Crippen LogP contribution in [0.4, 0.5) is 0 Å². The zero-order chi connectivity index (χ0) is 21.0. The van der Waals surface area contributed by atoms with E-state index in [0.29, 0.717) is 23.2 Å². The van der Waals surface area contributed by atoms with Crippen LogP contribution in [0, 0.1) is 17.2 Å². The van der Waals surface area contributed by atoms with Gasteiger partial charge in [0.15, 0.2) is 11.5 Å². The van der Waals surface area contributed by atoms with Gasteiger partial charge in [-0.3, -0.25) is 0 Å². The summed E-state index contributed by atoms with van der Waals surface area (Å²) in [5, 5.41) is 10.8. The average molecular weight is 414 g/mol. The van der Waals surface area contributed by atoms with Gasteiger partial charge < -0.3 is 14.2 Å². The van der Waals surface area contributed by atoms with Gasteiger partial charge in [0.2, 0.25) is 11.4 Å². The molecule has 1 heterocycles. The Morgan fingerprint density at radius 3 is 2.17 bits per heavy atom. The first-order chi connectivity index (χ1) is 14.0. The van der Waals surface area contributed by atoms with Gasteiger partial charge in [-0.15, -0.1) is 0 Å². The van der Waals surface area contributed by atoms with Crippen molar-refractivity contribution < 1.29 is 19.2 Å². The summed E-state index contributed by atoms with van der Waals surface area (Å²) < 4.78 is 16.6. The molecule has 0 unspecified atom stereocenters. The van der Waals surface area contributed by atoms with E-state index < -0.39 is 0 Å². The van der Waals surface area contributed by atoms with Crippen LogP contribution in [0.1, 0.15) is 43.4 Å². The van der Waals surface area contributed by atoms with Gasteiger partial charge in [0.05, 0.1) is 26.9 Å². The SMILES string of the molecule is COc1cc(-c2[nH+]c(SCC(C)C)c(C#N)c3c2CCCC3)cc(OC)c1OC. The normalized spacial score (nSPS) is 13.0. The van der Waals surface area contributed by atoms with Gasteiger partial charge in [-0.1, -0.05) is 25.6 Å². The van der Waals surface area contributed by atoms with E-state index in [0.717, 1.165) is 53.3 Å². The van der Waals surface area contributed by atoms with Gasteiger partial charge in [-0.05, 0) is 49.3 Å². The van der Waals surface area contributed by atoms with Crippen molar-refractivity contribution in [2.45, 2.75) is 44.6 Å². The largest absolute Gasteiger partial charge is 0.493 e. The summed E-state index contributed by atoms with van der Waals surface area (Å²) in [5.74, 6) is 3.33. The predicted octanol–water partition coefficient (Wildman–Crippen LogP) is 4.69. The van der Waals surface area contributed by atoms with Crippen molar-refractivity contribution in [3.8, 4) is 34.6 Å². The number of nitrogens with zero attached hydrogens (tertiary/aromatic N) is 1. The molecule has 2 aromatic rings. The van der Waals surface area contributed by atoms with Gasteiger partial charge in [0.1, 0.15) is 11.6 Å². The minimum Gasteiger partial charge on any atom is -0.493 e. The lowest BCUT2D eigenvalue weighted by atomic mass is 9.86. The van der Waals surface area contributed by atoms with E-state index in [-0.39, 0.29) is 0 Å². The first kappa shape index (κ1) is 21.3. The van der Waals surface area contributed by atoms with Gasteiger partial charge >= 0.3 is 0 Å². The van der Waals surface area contributed by atoms with Crippen molar-refractivity contribution in [1.29, 1.82) is 5.26 Å². The molecule has 154 valence electrons. The molecule has 1 aromatic heterocycles. The monoisotopic (exact) mass is 413 g/mol. The third-order valence-corrected chi connectivity index (χ3v) is 6.59. The Kier molecular flexibility index (Phi) is 6.92. The summed E-state index contributed by atoms with van der Waals surface area (Å²) in [6, 6.07) is 6.42. The molecule has 6 heteroatoms. The van der Waals surface area contributed by atoms with E-state index in [2.05, 4.69) is 24.9 Å². The minimum atomic E-state index is 0.542. The van der Waals surface area contributed by atoms with E-state index in [1.165, 1.54) is 11.1 Å². The molecule has 5 nitrogen and oxygen atoms in total. The molecule has 29 heavy (non-hydrogen) atoms. The molecule has 0 radical (unpaired) electrons. The Hall–Kier alpha value is -2.39. The summed E-state index contributed by atoms with van der Waals surface area (Å²) in [4.78, 5) is 3.59. The highest BCUT2D eigenvalue weighted by molar-refractivity contribution is 7.99. The molecule has 1 aliphatic rings. The standard InChI is InChI=1S/C23H28N2O3S/c1-14(2)13-29-23-18(12-24)16-8-6-7-9-17(16)21(25-23)15-10-19(26-3)22(28-5)20(11-15)27-4/h10-11,14H,6-9,13H2,1-5H3/p+1. The maximum Gasteiger partial charge on any atom is 0.257 e. The van der Waals surface area contributed by atoms with Crippen molar-refractivity contribution in [3.05, 3.63) is 28.8 Å². The Labute approximate surface area is 177 Å². The molecule has 1 N–H and O–H groups in total. The van der Waals surface area contributed by atoms with Crippen molar-refractivity contribution in [2.75, 3.05) is 27.1 Å². The number of methoxy groups -OCH3 is 3. The van der Waals surface area contributed by atoms with E-state index >= 15 is 0 Å². The molecule has 0 fully saturated rings. The summed E-state index contributed by atoms with van der Waals surface area (Å²) in [7, 11) is 4.86. The lowest BCUT2D eigenvalue weighted by molar-refractivity contribution is -0.415. The number of hydrogen-bond acceptors (Lipinski definition) is 5. The average Bonchev–Trinajstić information content (AvgIpc) is 2.75. The summed E-state index contributed by atoms with van der Waals surface area (Å²) in [6.45, 7) is 4.38. The summed E-state index contributed by atoms with van der Waals surface area (Å²) in [5.41, 5.74) is 5.25. The van der Waals surface area contributed by atoms with Crippen molar-refractivity contribution in [2.24, 2.45) is 5.92 Å². The Bertz CT molecular complexity index is 910. The molecule has 0 spiro atoms. The van der Waals surface area contributed by atoms with Crippen LogP contribution in [-0.4, -0.2) is 27.1 Å². The first-order valence-corrected chi connectivity index (χ1v) is 11.0. The van der Waals surface area contributed by atoms with Crippen LogP contribution in [0.25, 0.3) is 11.3 Å². The summed E-state index contributed by atoms with van der Waals surface area (Å²) in [6.07, 6.45) is 4.15. The van der Waals surface area contributed by atoms with Crippen LogP contribution in [0.15, 0.2) is 17.2 Å². The van der Waals surface area contributed by atoms with Crippen LogP contribution in [0.5, 0.6) is 17.2 Å². The van der Waals surface area contributed by atoms with E-state index in [9.17, 15) is 5.26 Å². The molecule has 0 saturated heterocycles. The number of H-pyrrole nitrogens is 1. The van der Waals surface area contributed by atoms with Gasteiger partial charge in [0.25, 0.3) is 5.03 Å². The zero-order valence-electron chi connectivity index (χ0n) is 17.8. The predicted molar refractivity (Wildman–Crippen MR) is 115 cm³/mol. The van der Waals surface area contributed by atoms with Crippen molar-refractivity contribution >= 4 is 11.8 Å². The quantitative estimate of drug-likeness (QED) is 0.616. The highest BCUT2D eigenvalue weighted by atomic mass is 32.2. The molecular formula is C23H29N2O3S+. The molecule has 0 amide bonds. The molecule has 1 aromatic carbocycles. The molecular weight excluding hydrogens is 384 g/mol. The second kappa shape index (κ2) is 9.41. The van der Waals surface area contributed by atoms with Crippen molar-refractivity contribution in [3.63, 3.8) is 0 Å². The lowest BCUT2D eigenvalue weighted by Crippen LogP contribution is -2.21. The zero-order valence-corrected chi connectivity index (χ0v) is 18.7. The molecule has 1 aliphatic carbocycles. The third-order valence-electron chi connectivity index (χ3n) is 5.16. The number of ether oxygens (including phenoxy) is 3. The van der Waals surface area contributed by atoms with Crippen LogP contribution >= 0.6 is 11.8 Å². The number of aromatic amines is 1. The maximum atomic E-state index is 9.89. The van der Waals surface area contributed by atoms with E-state index in [1.807, 2.05) is 12.1 Å². The fraction of sp³-hybridized carbons (Fsp3) is 0.478. The van der Waals surface area contributed by atoms with Crippen LogP contribution in [-0.2, 0) is 12.8 Å². The van der Waals surface area contributed by atoms with Crippen LogP contribution in [0.2, 0.25) is 0 Å². The second-order valence-corrected chi connectivity index (χ2v) is 8.63. The third kappa shape index (κ3) is 4.30. The highest BCUT2D eigenvalue weighted by Crippen LogP contribution is 2.42. The lowest BCUT2D eigenvalue weighted by Gasteiger charge is -2.19. The molecule has 0 atom stereocenters. The smallest absolute Gasteiger partial charge is 0.257 e. The number of rotatable bonds is 7. The molecule has 0 aliphatic heterocycles. The number of nitrogens with one attached hydrogen (secondary N) is 1. The second-order valence-electron chi connectivity index (χ2n) is 7.60. The topological polar surface area (TPSA) is 65.6 Å². The number of fused-ring (bicyclic) bond motifs is 1. The van der Waals surface area contributed by atoms with Gasteiger partial charge in [-0.2, -0.15) is 10.2 Å². The Morgan fingerprint density at radius 1 is 1.03 bits per heavy atom. The van der Waals surface area contributed by atoms with E-state index in [4.69, 9.17) is 14.2 Å².